The van der Waals surface area contributed by atoms with E-state index >= 15 is 0 Å². The SMILES string of the molecule is COCc1cccc(C(=O)N2CCC(CC(N)=O)CC2)c1. The number of nitrogens with two attached hydrogens (primary N) is 1. The fraction of sp³-hybridized carbons (Fsp3) is 0.500. The van der Waals surface area contributed by atoms with E-state index in [0.29, 0.717) is 37.6 Å². The third-order valence-electron chi connectivity index (χ3n) is 3.88. The van der Waals surface area contributed by atoms with E-state index in [1.165, 1.54) is 0 Å². The van der Waals surface area contributed by atoms with Gasteiger partial charge in [0.05, 0.1) is 6.61 Å². The second-order valence-corrected chi connectivity index (χ2v) is 5.54. The van der Waals surface area contributed by atoms with E-state index in [2.05, 4.69) is 0 Å². The quantitative estimate of drug-likeness (QED) is 0.894. The number of methoxy groups -OCH3 is 1. The molecule has 1 saturated heterocycles. The lowest BCUT2D eigenvalue weighted by molar-refractivity contribution is -0.119. The first-order chi connectivity index (χ1) is 10.1. The number of nitrogens with zero attached hydrogens (tertiary/aromatic N) is 1. The summed E-state index contributed by atoms with van der Waals surface area (Å²) in [5.74, 6) is 0.101. The van der Waals surface area contributed by atoms with Crippen LogP contribution in [0.2, 0.25) is 0 Å². The first-order valence-corrected chi connectivity index (χ1v) is 7.25. The molecule has 0 aliphatic carbocycles. The minimum absolute atomic E-state index is 0.0467. The Balaban J connectivity index is 1.95. The molecule has 21 heavy (non-hydrogen) atoms. The van der Waals surface area contributed by atoms with E-state index in [9.17, 15) is 9.59 Å². The molecule has 1 aliphatic rings. The zero-order valence-electron chi connectivity index (χ0n) is 12.4. The van der Waals surface area contributed by atoms with Gasteiger partial charge in [-0.3, -0.25) is 9.59 Å². The standard InChI is InChI=1S/C16H22N2O3/c1-21-11-13-3-2-4-14(9-13)16(20)18-7-5-12(6-8-18)10-15(17)19/h2-4,9,12H,5-8,10-11H2,1H3,(H2,17,19). The molecule has 0 saturated carbocycles. The number of primary amides is 1. The Labute approximate surface area is 125 Å². The molecule has 2 amide bonds. The number of carbonyl (C=O) groups excluding carboxylic acids is 2. The fourth-order valence-electron chi connectivity index (χ4n) is 2.77. The van der Waals surface area contributed by atoms with Gasteiger partial charge in [0.2, 0.25) is 5.91 Å². The molecule has 0 radical (unpaired) electrons. The maximum Gasteiger partial charge on any atom is 0.253 e. The van der Waals surface area contributed by atoms with E-state index in [1.54, 1.807) is 7.11 Å². The van der Waals surface area contributed by atoms with E-state index in [4.69, 9.17) is 10.5 Å². The van der Waals surface area contributed by atoms with Gasteiger partial charge in [-0.1, -0.05) is 12.1 Å². The zero-order chi connectivity index (χ0) is 15.2. The van der Waals surface area contributed by atoms with Gasteiger partial charge in [0.1, 0.15) is 0 Å². The summed E-state index contributed by atoms with van der Waals surface area (Å²) in [5.41, 5.74) is 6.91. The maximum absolute atomic E-state index is 12.5. The topological polar surface area (TPSA) is 72.6 Å². The lowest BCUT2D eigenvalue weighted by Crippen LogP contribution is -2.39. The molecule has 0 bridgehead atoms. The molecule has 0 unspecified atom stereocenters. The number of likely N-dealkylation sites (tertiary alicyclic amines) is 1. The lowest BCUT2D eigenvalue weighted by Gasteiger charge is -2.31. The molecular weight excluding hydrogens is 268 g/mol. The van der Waals surface area contributed by atoms with Crippen LogP contribution in [0.3, 0.4) is 0 Å². The van der Waals surface area contributed by atoms with Gasteiger partial charge < -0.3 is 15.4 Å². The first-order valence-electron chi connectivity index (χ1n) is 7.25. The number of benzene rings is 1. The summed E-state index contributed by atoms with van der Waals surface area (Å²) < 4.78 is 5.09. The van der Waals surface area contributed by atoms with Crippen molar-refractivity contribution >= 4 is 11.8 Å². The van der Waals surface area contributed by atoms with Crippen molar-refractivity contribution in [1.29, 1.82) is 0 Å². The molecule has 1 aromatic rings. The van der Waals surface area contributed by atoms with Crippen molar-refractivity contribution in [1.82, 2.24) is 4.90 Å². The van der Waals surface area contributed by atoms with Crippen molar-refractivity contribution in [3.05, 3.63) is 35.4 Å². The summed E-state index contributed by atoms with van der Waals surface area (Å²) in [4.78, 5) is 25.3. The van der Waals surface area contributed by atoms with E-state index in [0.717, 1.165) is 18.4 Å². The van der Waals surface area contributed by atoms with Crippen molar-refractivity contribution in [3.8, 4) is 0 Å². The van der Waals surface area contributed by atoms with Crippen LogP contribution in [-0.2, 0) is 16.1 Å². The molecule has 1 heterocycles. The predicted octanol–water partition coefficient (Wildman–Crippen LogP) is 1.56. The number of hydrogen-bond acceptors (Lipinski definition) is 3. The Morgan fingerprint density at radius 2 is 2.05 bits per heavy atom. The molecule has 114 valence electrons. The zero-order valence-corrected chi connectivity index (χ0v) is 12.4. The monoisotopic (exact) mass is 290 g/mol. The molecule has 1 aromatic carbocycles. The number of hydrogen-bond donors (Lipinski definition) is 1. The lowest BCUT2D eigenvalue weighted by atomic mass is 9.93. The summed E-state index contributed by atoms with van der Waals surface area (Å²) >= 11 is 0. The summed E-state index contributed by atoms with van der Waals surface area (Å²) in [7, 11) is 1.64. The second-order valence-electron chi connectivity index (χ2n) is 5.54. The summed E-state index contributed by atoms with van der Waals surface area (Å²) in [6, 6.07) is 7.53. The van der Waals surface area contributed by atoms with E-state index < -0.39 is 0 Å². The number of ether oxygens (including phenoxy) is 1. The van der Waals surface area contributed by atoms with Gasteiger partial charge in [-0.25, -0.2) is 0 Å². The molecule has 0 spiro atoms. The normalized spacial score (nSPS) is 16.0. The highest BCUT2D eigenvalue weighted by atomic mass is 16.5. The summed E-state index contributed by atoms with van der Waals surface area (Å²) in [6.45, 7) is 1.87. The van der Waals surface area contributed by atoms with Gasteiger partial charge >= 0.3 is 0 Å². The van der Waals surface area contributed by atoms with Crippen molar-refractivity contribution in [2.75, 3.05) is 20.2 Å². The van der Waals surface area contributed by atoms with Crippen molar-refractivity contribution < 1.29 is 14.3 Å². The van der Waals surface area contributed by atoms with Crippen LogP contribution in [0.25, 0.3) is 0 Å². The van der Waals surface area contributed by atoms with Crippen LogP contribution in [0.5, 0.6) is 0 Å². The van der Waals surface area contributed by atoms with Gasteiger partial charge in [-0.15, -0.1) is 0 Å². The maximum atomic E-state index is 12.5. The third kappa shape index (κ3) is 4.29. The van der Waals surface area contributed by atoms with Crippen molar-refractivity contribution in [3.63, 3.8) is 0 Å². The fourth-order valence-corrected chi connectivity index (χ4v) is 2.77. The highest BCUT2D eigenvalue weighted by molar-refractivity contribution is 5.94. The highest BCUT2D eigenvalue weighted by Gasteiger charge is 2.24. The molecule has 1 fully saturated rings. The molecule has 5 heteroatoms. The molecule has 2 rings (SSSR count). The Kier molecular flexibility index (Phi) is 5.33. The van der Waals surface area contributed by atoms with Crippen molar-refractivity contribution in [2.24, 2.45) is 11.7 Å². The van der Waals surface area contributed by atoms with Gasteiger partial charge in [-0.05, 0) is 36.5 Å². The molecule has 0 aromatic heterocycles. The number of piperidine rings is 1. The third-order valence-corrected chi connectivity index (χ3v) is 3.88. The van der Waals surface area contributed by atoms with E-state index in [-0.39, 0.29) is 11.8 Å². The van der Waals surface area contributed by atoms with Crippen molar-refractivity contribution in [2.45, 2.75) is 25.9 Å². The minimum Gasteiger partial charge on any atom is -0.380 e. The molecular formula is C16H22N2O3. The predicted molar refractivity (Wildman–Crippen MR) is 79.6 cm³/mol. The van der Waals surface area contributed by atoms with Gasteiger partial charge in [-0.2, -0.15) is 0 Å². The Morgan fingerprint density at radius 3 is 2.67 bits per heavy atom. The average Bonchev–Trinajstić information content (AvgIpc) is 2.47. The average molecular weight is 290 g/mol. The van der Waals surface area contributed by atoms with Crippen LogP contribution >= 0.6 is 0 Å². The Morgan fingerprint density at radius 1 is 1.33 bits per heavy atom. The Bertz CT molecular complexity index is 508. The van der Waals surface area contributed by atoms with Crippen LogP contribution < -0.4 is 5.73 Å². The smallest absolute Gasteiger partial charge is 0.253 e. The van der Waals surface area contributed by atoms with Crippen LogP contribution in [0.1, 0.15) is 35.2 Å². The summed E-state index contributed by atoms with van der Waals surface area (Å²) in [5, 5.41) is 0. The molecule has 0 atom stereocenters. The number of rotatable bonds is 5. The van der Waals surface area contributed by atoms with Crippen LogP contribution in [0.4, 0.5) is 0 Å². The van der Waals surface area contributed by atoms with Gasteiger partial charge in [0.25, 0.3) is 5.91 Å². The second kappa shape index (κ2) is 7.22. The first kappa shape index (κ1) is 15.5. The largest absolute Gasteiger partial charge is 0.380 e. The van der Waals surface area contributed by atoms with Gasteiger partial charge in [0, 0.05) is 32.2 Å². The van der Waals surface area contributed by atoms with Gasteiger partial charge in [0.15, 0.2) is 0 Å². The molecule has 2 N–H and O–H groups in total. The number of carbonyl (C=O) groups is 2. The minimum atomic E-state index is -0.257. The Hall–Kier alpha value is -1.88. The molecule has 5 nitrogen and oxygen atoms in total. The highest BCUT2D eigenvalue weighted by Crippen LogP contribution is 2.21. The van der Waals surface area contributed by atoms with Crippen LogP contribution in [0.15, 0.2) is 24.3 Å². The van der Waals surface area contributed by atoms with E-state index in [1.807, 2.05) is 29.2 Å². The number of amides is 2. The van der Waals surface area contributed by atoms with Crippen LogP contribution in [-0.4, -0.2) is 36.9 Å². The summed E-state index contributed by atoms with van der Waals surface area (Å²) in [6.07, 6.45) is 2.10. The molecule has 1 aliphatic heterocycles. The van der Waals surface area contributed by atoms with Crippen LogP contribution in [0, 0.1) is 5.92 Å².